The van der Waals surface area contributed by atoms with Gasteiger partial charge in [0.05, 0.1) is 0 Å². The Morgan fingerprint density at radius 1 is 0.611 bits per heavy atom. The number of rotatable bonds is 12. The third-order valence-electron chi connectivity index (χ3n) is 6.05. The summed E-state index contributed by atoms with van der Waals surface area (Å²) in [5.41, 5.74) is -0.176. The fourth-order valence-corrected chi connectivity index (χ4v) is 3.66. The monoisotopic (exact) mass is 518 g/mol. The summed E-state index contributed by atoms with van der Waals surface area (Å²) >= 11 is 5.36. The van der Waals surface area contributed by atoms with Crippen molar-refractivity contribution in [3.8, 4) is 0 Å². The molecule has 4 amide bonds. The molecule has 0 spiro atoms. The van der Waals surface area contributed by atoms with Crippen LogP contribution in [0, 0.1) is 10.8 Å². The van der Waals surface area contributed by atoms with E-state index in [1.807, 2.05) is 20.8 Å². The topological polar surface area (TPSA) is 91.8 Å². The lowest BCUT2D eigenvalue weighted by molar-refractivity contribution is -0.138. The molecule has 0 fully saturated rings. The molecule has 0 atom stereocenters. The van der Waals surface area contributed by atoms with Crippen LogP contribution in [0.15, 0.2) is 24.3 Å². The van der Waals surface area contributed by atoms with E-state index in [0.29, 0.717) is 19.5 Å². The maximum Gasteiger partial charge on any atom is 0.253 e. The summed E-state index contributed by atoms with van der Waals surface area (Å²) in [5, 5.41) is 0. The molecule has 0 unspecified atom stereocenters. The van der Waals surface area contributed by atoms with Crippen molar-refractivity contribution in [1.82, 2.24) is 9.80 Å². The molecule has 0 aliphatic carbocycles. The summed E-state index contributed by atoms with van der Waals surface area (Å²) in [6.07, 6.45) is 12.1. The Balaban J connectivity index is 0.000000360. The molecule has 0 radical (unpaired) electrons. The Kier molecular flexibility index (Phi) is 12.5. The predicted molar refractivity (Wildman–Crippen MR) is 145 cm³/mol. The molecule has 0 saturated heterocycles. The Labute approximate surface area is 221 Å². The number of carbonyl (C=O) groups excluding carboxylic acids is 5. The predicted octanol–water partition coefficient (Wildman–Crippen LogP) is 4.97. The summed E-state index contributed by atoms with van der Waals surface area (Å²) in [6.45, 7) is 13.1. The fraction of sp³-hybridized carbons (Fsp3) is 0.643. The van der Waals surface area contributed by atoms with E-state index in [1.165, 1.54) is 34.1 Å². The van der Waals surface area contributed by atoms with Crippen LogP contribution in [0.4, 0.5) is 0 Å². The van der Waals surface area contributed by atoms with Gasteiger partial charge in [-0.2, -0.15) is 0 Å². The third kappa shape index (κ3) is 11.1. The van der Waals surface area contributed by atoms with Crippen LogP contribution in [0.5, 0.6) is 0 Å². The molecular formula is C28H42N2O5S. The maximum atomic E-state index is 11.7. The number of ketones is 1. The zero-order valence-corrected chi connectivity index (χ0v) is 23.5. The lowest BCUT2D eigenvalue weighted by Gasteiger charge is -2.20. The second kappa shape index (κ2) is 14.3. The van der Waals surface area contributed by atoms with Gasteiger partial charge in [0.25, 0.3) is 23.6 Å². The van der Waals surface area contributed by atoms with E-state index < -0.39 is 0 Å². The molecule has 0 bridgehead atoms. The van der Waals surface area contributed by atoms with Gasteiger partial charge in [0, 0.05) is 49.2 Å². The van der Waals surface area contributed by atoms with Crippen molar-refractivity contribution >= 4 is 46.5 Å². The van der Waals surface area contributed by atoms with Gasteiger partial charge in [-0.15, -0.1) is 0 Å². The Morgan fingerprint density at radius 2 is 0.972 bits per heavy atom. The Hall–Kier alpha value is -2.48. The first-order valence-electron chi connectivity index (χ1n) is 12.8. The molecule has 0 aromatic carbocycles. The highest BCUT2D eigenvalue weighted by Gasteiger charge is 2.24. The van der Waals surface area contributed by atoms with E-state index in [2.05, 4.69) is 20.8 Å². The molecule has 2 aliphatic heterocycles. The molecule has 0 N–H and O–H groups in total. The molecular weight excluding hydrogens is 476 g/mol. The van der Waals surface area contributed by atoms with E-state index in [-0.39, 0.29) is 40.2 Å². The largest absolute Gasteiger partial charge is 0.299 e. The Morgan fingerprint density at radius 3 is 1.31 bits per heavy atom. The lowest BCUT2D eigenvalue weighted by Crippen LogP contribution is -2.30. The van der Waals surface area contributed by atoms with Gasteiger partial charge in [0.2, 0.25) is 0 Å². The minimum Gasteiger partial charge on any atom is -0.299 e. The van der Waals surface area contributed by atoms with Crippen molar-refractivity contribution in [2.75, 3.05) is 13.1 Å². The van der Waals surface area contributed by atoms with E-state index >= 15 is 0 Å². The van der Waals surface area contributed by atoms with Crippen LogP contribution in [0.2, 0.25) is 0 Å². The fourth-order valence-electron chi connectivity index (χ4n) is 3.52. The summed E-state index contributed by atoms with van der Waals surface area (Å²) in [6, 6.07) is 0. The van der Waals surface area contributed by atoms with E-state index in [9.17, 15) is 24.0 Å². The Bertz CT molecular complexity index is 796. The number of hydrogen-bond donors (Lipinski definition) is 0. The standard InChI is InChI=1S/C14H21NO3.C14H21NO2S/c1-14(2,3)11(16)7-5-4-6-10-15-12(17)8-9-13(15)18;1-14(2,3)11(18)7-5-4-6-10-15-12(16)8-9-13(15)17/h2*8-9H,4-7,10H2,1-3H3. The van der Waals surface area contributed by atoms with E-state index in [0.717, 1.165) is 49.8 Å². The number of hydrogen-bond acceptors (Lipinski definition) is 6. The van der Waals surface area contributed by atoms with Crippen molar-refractivity contribution in [2.45, 2.75) is 92.9 Å². The zero-order chi connectivity index (χ0) is 27.5. The van der Waals surface area contributed by atoms with Crippen molar-refractivity contribution in [3.63, 3.8) is 0 Å². The number of carbonyl (C=O) groups is 5. The first kappa shape index (κ1) is 31.5. The highest BCUT2D eigenvalue weighted by Crippen LogP contribution is 2.21. The van der Waals surface area contributed by atoms with Crippen LogP contribution in [0.25, 0.3) is 0 Å². The highest BCUT2D eigenvalue weighted by molar-refractivity contribution is 7.80. The minimum atomic E-state index is -0.273. The molecule has 0 aromatic rings. The molecule has 8 heteroatoms. The number of imide groups is 2. The lowest BCUT2D eigenvalue weighted by atomic mass is 9.88. The zero-order valence-electron chi connectivity index (χ0n) is 22.7. The van der Waals surface area contributed by atoms with E-state index in [1.54, 1.807) is 0 Å². The van der Waals surface area contributed by atoms with Crippen molar-refractivity contribution in [3.05, 3.63) is 24.3 Å². The number of amides is 4. The van der Waals surface area contributed by atoms with E-state index in [4.69, 9.17) is 12.2 Å². The van der Waals surface area contributed by atoms with Crippen LogP contribution in [-0.2, 0) is 24.0 Å². The smallest absolute Gasteiger partial charge is 0.253 e. The van der Waals surface area contributed by atoms with Gasteiger partial charge in [0.1, 0.15) is 5.78 Å². The molecule has 2 aliphatic rings. The van der Waals surface area contributed by atoms with Gasteiger partial charge in [-0.25, -0.2) is 0 Å². The van der Waals surface area contributed by atoms with Crippen LogP contribution in [-0.4, -0.2) is 57.2 Å². The normalized spacial score (nSPS) is 15.6. The maximum absolute atomic E-state index is 11.7. The van der Waals surface area contributed by atoms with Gasteiger partial charge in [0.15, 0.2) is 0 Å². The average molecular weight is 519 g/mol. The number of nitrogens with zero attached hydrogens (tertiary/aromatic N) is 2. The van der Waals surface area contributed by atoms with Gasteiger partial charge in [-0.05, 0) is 42.4 Å². The SMILES string of the molecule is CC(C)(C)C(=O)CCCCCN1C(=O)C=CC1=O.CC(C)(C)C(=S)CCCCCN1C(=O)C=CC1=O. The molecule has 36 heavy (non-hydrogen) atoms. The molecule has 200 valence electrons. The molecule has 0 saturated carbocycles. The molecule has 0 aromatic heterocycles. The van der Waals surface area contributed by atoms with Gasteiger partial charge >= 0.3 is 0 Å². The van der Waals surface area contributed by atoms with Crippen LogP contribution >= 0.6 is 12.2 Å². The number of unbranched alkanes of at least 4 members (excludes halogenated alkanes) is 4. The summed E-state index contributed by atoms with van der Waals surface area (Å²) in [7, 11) is 0. The summed E-state index contributed by atoms with van der Waals surface area (Å²) in [4.78, 5) is 60.4. The van der Waals surface area contributed by atoms with Crippen molar-refractivity contribution in [1.29, 1.82) is 0 Å². The average Bonchev–Trinajstić information content (AvgIpc) is 3.27. The first-order valence-corrected chi connectivity index (χ1v) is 13.2. The van der Waals surface area contributed by atoms with Gasteiger partial charge in [-0.1, -0.05) is 66.6 Å². The highest BCUT2D eigenvalue weighted by atomic mass is 32.1. The molecule has 2 rings (SSSR count). The van der Waals surface area contributed by atoms with Crippen molar-refractivity contribution < 1.29 is 24.0 Å². The minimum absolute atomic E-state index is 0.0974. The number of Topliss-reactive ketones (excluding diaryl/α,β-unsaturated/α-hetero) is 1. The number of thiocarbonyl (C=S) groups is 1. The van der Waals surface area contributed by atoms with Crippen LogP contribution in [0.1, 0.15) is 92.9 Å². The quantitative estimate of drug-likeness (QED) is 0.206. The van der Waals surface area contributed by atoms with Crippen molar-refractivity contribution in [2.24, 2.45) is 10.8 Å². The second-order valence-electron chi connectivity index (χ2n) is 11.3. The third-order valence-corrected chi connectivity index (χ3v) is 6.86. The first-order chi connectivity index (χ1) is 16.6. The summed E-state index contributed by atoms with van der Waals surface area (Å²) in [5.74, 6) is -0.579. The summed E-state index contributed by atoms with van der Waals surface area (Å²) < 4.78 is 0. The van der Waals surface area contributed by atoms with Crippen LogP contribution < -0.4 is 0 Å². The molecule has 2 heterocycles. The van der Waals surface area contributed by atoms with Gasteiger partial charge < -0.3 is 0 Å². The van der Waals surface area contributed by atoms with Crippen LogP contribution in [0.3, 0.4) is 0 Å². The van der Waals surface area contributed by atoms with Gasteiger partial charge in [-0.3, -0.25) is 33.8 Å². The second-order valence-corrected chi connectivity index (χ2v) is 11.8. The molecule has 7 nitrogen and oxygen atoms in total.